The van der Waals surface area contributed by atoms with Crippen molar-refractivity contribution in [3.63, 3.8) is 0 Å². The molecule has 0 radical (unpaired) electrons. The minimum absolute atomic E-state index is 0.161. The minimum atomic E-state index is -5.08. The van der Waals surface area contributed by atoms with E-state index in [0.717, 1.165) is 38.2 Å². The highest BCUT2D eigenvalue weighted by molar-refractivity contribution is 5.73. The van der Waals surface area contributed by atoms with E-state index in [2.05, 4.69) is 47.8 Å². The third kappa shape index (κ3) is 14.9. The van der Waals surface area contributed by atoms with Crippen molar-refractivity contribution < 1.29 is 37.7 Å². The lowest BCUT2D eigenvalue weighted by atomic mass is 10.1. The molecule has 0 aromatic heterocycles. The first-order valence-corrected chi connectivity index (χ1v) is 11.2. The van der Waals surface area contributed by atoms with Crippen LogP contribution in [0.4, 0.5) is 13.2 Å². The Kier molecular flexibility index (Phi) is 14.1. The number of unbranched alkanes of at least 4 members (excludes halogenated alkanes) is 3. The third-order valence-corrected chi connectivity index (χ3v) is 4.72. The Labute approximate surface area is 197 Å². The molecule has 0 atom stereocenters. The Balaban J connectivity index is 0.000000718. The molecule has 6 nitrogen and oxygen atoms in total. The van der Waals surface area contributed by atoms with Crippen LogP contribution in [0.5, 0.6) is 5.75 Å². The monoisotopic (exact) mass is 483 g/mol. The topological polar surface area (TPSA) is 95.9 Å². The van der Waals surface area contributed by atoms with Crippen LogP contribution in [0.1, 0.15) is 43.2 Å². The highest BCUT2D eigenvalue weighted by Crippen LogP contribution is 2.15. The normalized spacial score (nSPS) is 10.8. The molecule has 0 saturated heterocycles. The number of aryl methyl sites for hydroxylation is 1. The third-order valence-electron chi connectivity index (χ3n) is 4.72. The van der Waals surface area contributed by atoms with Gasteiger partial charge in [-0.1, -0.05) is 55.3 Å². The van der Waals surface area contributed by atoms with Crippen molar-refractivity contribution in [2.75, 3.05) is 19.7 Å². The van der Waals surface area contributed by atoms with Crippen molar-refractivity contribution in [3.05, 3.63) is 65.7 Å². The second kappa shape index (κ2) is 16.5. The van der Waals surface area contributed by atoms with Gasteiger partial charge in [0.1, 0.15) is 5.75 Å². The maximum absolute atomic E-state index is 10.6. The van der Waals surface area contributed by atoms with Crippen LogP contribution in [0.3, 0.4) is 0 Å². The molecule has 0 spiro atoms. The SMILES string of the molecule is O=C(O)C(F)(F)F.O=C(O)CCNCCc1cccc(OCCCCCCc2ccccc2)c1. The van der Waals surface area contributed by atoms with Gasteiger partial charge in [0.2, 0.25) is 0 Å². The number of halogens is 3. The number of rotatable bonds is 14. The van der Waals surface area contributed by atoms with E-state index in [4.69, 9.17) is 19.7 Å². The van der Waals surface area contributed by atoms with Crippen LogP contribution in [-0.2, 0) is 22.4 Å². The fourth-order valence-corrected chi connectivity index (χ4v) is 2.96. The Morgan fingerprint density at radius 1 is 0.824 bits per heavy atom. The molecule has 0 bridgehead atoms. The summed E-state index contributed by atoms with van der Waals surface area (Å²) in [5, 5.41) is 18.9. The second-order valence-electron chi connectivity index (χ2n) is 7.59. The van der Waals surface area contributed by atoms with Crippen molar-refractivity contribution in [3.8, 4) is 5.75 Å². The van der Waals surface area contributed by atoms with Gasteiger partial charge in [-0.25, -0.2) is 4.79 Å². The maximum atomic E-state index is 10.6. The van der Waals surface area contributed by atoms with Gasteiger partial charge in [-0.2, -0.15) is 13.2 Å². The maximum Gasteiger partial charge on any atom is 0.490 e. The van der Waals surface area contributed by atoms with Crippen molar-refractivity contribution in [2.45, 2.75) is 51.1 Å². The van der Waals surface area contributed by atoms with Gasteiger partial charge in [0.15, 0.2) is 0 Å². The number of aliphatic carboxylic acids is 2. The van der Waals surface area contributed by atoms with Crippen molar-refractivity contribution in [1.82, 2.24) is 5.32 Å². The predicted molar refractivity (Wildman–Crippen MR) is 123 cm³/mol. The van der Waals surface area contributed by atoms with E-state index in [9.17, 15) is 18.0 Å². The summed E-state index contributed by atoms with van der Waals surface area (Å²) in [4.78, 5) is 19.4. The Hall–Kier alpha value is -3.07. The van der Waals surface area contributed by atoms with Gasteiger partial charge in [-0.15, -0.1) is 0 Å². The fraction of sp³-hybridized carbons (Fsp3) is 0.440. The quantitative estimate of drug-likeness (QED) is 0.323. The van der Waals surface area contributed by atoms with Gasteiger partial charge in [-0.3, -0.25) is 4.79 Å². The molecule has 0 amide bonds. The van der Waals surface area contributed by atoms with Gasteiger partial charge < -0.3 is 20.3 Å². The van der Waals surface area contributed by atoms with E-state index in [1.807, 2.05) is 12.1 Å². The molecule has 34 heavy (non-hydrogen) atoms. The number of carboxylic acids is 2. The average Bonchev–Trinajstić information content (AvgIpc) is 2.79. The molecule has 0 aliphatic carbocycles. The van der Waals surface area contributed by atoms with Crippen LogP contribution >= 0.6 is 0 Å². The molecule has 2 rings (SSSR count). The number of benzene rings is 2. The van der Waals surface area contributed by atoms with Crippen molar-refractivity contribution >= 4 is 11.9 Å². The lowest BCUT2D eigenvalue weighted by Crippen LogP contribution is -2.21. The molecule has 0 saturated carbocycles. The molecule has 0 unspecified atom stereocenters. The van der Waals surface area contributed by atoms with Crippen molar-refractivity contribution in [2.24, 2.45) is 0 Å². The molecule has 9 heteroatoms. The van der Waals surface area contributed by atoms with Crippen LogP contribution in [-0.4, -0.2) is 48.0 Å². The van der Waals surface area contributed by atoms with E-state index in [1.165, 1.54) is 30.4 Å². The van der Waals surface area contributed by atoms with Gasteiger partial charge >= 0.3 is 18.1 Å². The number of nitrogens with one attached hydrogen (secondary N) is 1. The summed E-state index contributed by atoms with van der Waals surface area (Å²) in [6, 6.07) is 18.8. The summed E-state index contributed by atoms with van der Waals surface area (Å²) in [6.07, 6.45) is 1.85. The van der Waals surface area contributed by atoms with Crippen molar-refractivity contribution in [1.29, 1.82) is 0 Å². The Bertz CT molecular complexity index is 844. The van der Waals surface area contributed by atoms with Crippen LogP contribution in [0, 0.1) is 0 Å². The number of carbonyl (C=O) groups is 2. The summed E-state index contributed by atoms with van der Waals surface area (Å²) >= 11 is 0. The summed E-state index contributed by atoms with van der Waals surface area (Å²) < 4.78 is 37.6. The smallest absolute Gasteiger partial charge is 0.490 e. The van der Waals surface area contributed by atoms with Gasteiger partial charge in [-0.05, 0) is 55.5 Å². The molecular formula is C25H32F3NO5. The van der Waals surface area contributed by atoms with Crippen LogP contribution in [0.2, 0.25) is 0 Å². The van der Waals surface area contributed by atoms with Gasteiger partial charge in [0, 0.05) is 6.54 Å². The average molecular weight is 484 g/mol. The molecule has 0 fully saturated rings. The minimum Gasteiger partial charge on any atom is -0.494 e. The zero-order valence-electron chi connectivity index (χ0n) is 19.0. The lowest BCUT2D eigenvalue weighted by Gasteiger charge is -2.09. The Morgan fingerprint density at radius 2 is 1.47 bits per heavy atom. The molecule has 3 N–H and O–H groups in total. The van der Waals surface area contributed by atoms with E-state index in [1.54, 1.807) is 0 Å². The summed E-state index contributed by atoms with van der Waals surface area (Å²) in [5.41, 5.74) is 2.63. The highest BCUT2D eigenvalue weighted by Gasteiger charge is 2.38. The summed E-state index contributed by atoms with van der Waals surface area (Å²) in [5.74, 6) is -2.60. The number of hydrogen-bond acceptors (Lipinski definition) is 4. The molecule has 2 aromatic carbocycles. The molecular weight excluding hydrogens is 451 g/mol. The standard InChI is InChI=1S/C23H31NO3.C2HF3O2/c25-23(26)15-17-24-16-14-21-12-8-13-22(19-21)27-18-7-2-1-4-9-20-10-5-3-6-11-20;3-2(4,5)1(6)7/h3,5-6,8,10-13,19,24H,1-2,4,7,9,14-18H2,(H,25,26);(H,6,7). The molecule has 2 aromatic rings. The number of ether oxygens (including phenoxy) is 1. The highest BCUT2D eigenvalue weighted by atomic mass is 19.4. The van der Waals surface area contributed by atoms with Gasteiger partial charge in [0.25, 0.3) is 0 Å². The largest absolute Gasteiger partial charge is 0.494 e. The molecule has 188 valence electrons. The number of alkyl halides is 3. The molecule has 0 aliphatic rings. The molecule has 0 aliphatic heterocycles. The van der Waals surface area contributed by atoms with Crippen LogP contribution < -0.4 is 10.1 Å². The zero-order chi connectivity index (χ0) is 25.2. The zero-order valence-corrected chi connectivity index (χ0v) is 19.0. The predicted octanol–water partition coefficient (Wildman–Crippen LogP) is 5.11. The summed E-state index contributed by atoms with van der Waals surface area (Å²) in [6.45, 7) is 2.04. The first kappa shape index (κ1) is 29.0. The molecule has 0 heterocycles. The number of hydrogen-bond donors (Lipinski definition) is 3. The van der Waals surface area contributed by atoms with Crippen LogP contribution in [0.25, 0.3) is 0 Å². The van der Waals surface area contributed by atoms with Gasteiger partial charge in [0.05, 0.1) is 13.0 Å². The van der Waals surface area contributed by atoms with E-state index in [-0.39, 0.29) is 6.42 Å². The fourth-order valence-electron chi connectivity index (χ4n) is 2.96. The number of carboxylic acid groups (broad SMARTS) is 2. The first-order valence-electron chi connectivity index (χ1n) is 11.2. The second-order valence-corrected chi connectivity index (χ2v) is 7.59. The first-order chi connectivity index (χ1) is 16.2. The van der Waals surface area contributed by atoms with E-state index < -0.39 is 18.1 Å². The Morgan fingerprint density at radius 3 is 2.12 bits per heavy atom. The van der Waals surface area contributed by atoms with Crippen LogP contribution in [0.15, 0.2) is 54.6 Å². The lowest BCUT2D eigenvalue weighted by molar-refractivity contribution is -0.192. The van der Waals surface area contributed by atoms with E-state index >= 15 is 0 Å². The summed E-state index contributed by atoms with van der Waals surface area (Å²) in [7, 11) is 0. The van der Waals surface area contributed by atoms with E-state index in [0.29, 0.717) is 6.54 Å².